The van der Waals surface area contributed by atoms with Gasteiger partial charge in [0.05, 0.1) is 7.11 Å². The van der Waals surface area contributed by atoms with Crippen molar-refractivity contribution in [2.45, 2.75) is 38.0 Å². The van der Waals surface area contributed by atoms with E-state index in [1.807, 2.05) is 18.2 Å². The van der Waals surface area contributed by atoms with Crippen molar-refractivity contribution in [3.05, 3.63) is 59.7 Å². The third-order valence-electron chi connectivity index (χ3n) is 5.54. The number of ether oxygens (including phenoxy) is 1. The number of nitrogen functional groups attached to an aromatic ring is 1. The minimum atomic E-state index is 0.268. The van der Waals surface area contributed by atoms with Crippen molar-refractivity contribution >= 4 is 5.69 Å². The molecule has 2 aromatic carbocycles. The van der Waals surface area contributed by atoms with Gasteiger partial charge in [0.15, 0.2) is 0 Å². The predicted molar refractivity (Wildman–Crippen MR) is 105 cm³/mol. The van der Waals surface area contributed by atoms with E-state index < -0.39 is 0 Å². The lowest BCUT2D eigenvalue weighted by Crippen LogP contribution is -2.32. The SMILES string of the molecule is CCCC1(c2cccc(OC)c2)CCN(CCc2ccc(N)cc2)C1. The molecular formula is C22H30N2O. The van der Waals surface area contributed by atoms with Gasteiger partial charge in [0.2, 0.25) is 0 Å². The fourth-order valence-electron chi connectivity index (χ4n) is 4.14. The van der Waals surface area contributed by atoms with Crippen LogP contribution in [-0.2, 0) is 11.8 Å². The van der Waals surface area contributed by atoms with E-state index in [1.165, 1.54) is 36.9 Å². The summed E-state index contributed by atoms with van der Waals surface area (Å²) in [7, 11) is 1.75. The molecule has 2 aromatic rings. The molecule has 0 aliphatic carbocycles. The van der Waals surface area contributed by atoms with E-state index >= 15 is 0 Å². The third kappa shape index (κ3) is 4.16. The number of methoxy groups -OCH3 is 1. The van der Waals surface area contributed by atoms with E-state index in [0.29, 0.717) is 0 Å². The molecule has 1 unspecified atom stereocenters. The Morgan fingerprint density at radius 1 is 1.16 bits per heavy atom. The smallest absolute Gasteiger partial charge is 0.119 e. The number of hydrogen-bond donors (Lipinski definition) is 1. The van der Waals surface area contributed by atoms with E-state index in [0.717, 1.165) is 30.9 Å². The van der Waals surface area contributed by atoms with Crippen LogP contribution in [0.25, 0.3) is 0 Å². The average Bonchev–Trinajstić information content (AvgIpc) is 3.06. The van der Waals surface area contributed by atoms with Crippen LogP contribution in [0.5, 0.6) is 5.75 Å². The highest BCUT2D eigenvalue weighted by atomic mass is 16.5. The minimum absolute atomic E-state index is 0.268. The van der Waals surface area contributed by atoms with Gasteiger partial charge in [-0.05, 0) is 61.2 Å². The van der Waals surface area contributed by atoms with Gasteiger partial charge >= 0.3 is 0 Å². The molecule has 0 radical (unpaired) electrons. The molecule has 25 heavy (non-hydrogen) atoms. The largest absolute Gasteiger partial charge is 0.497 e. The van der Waals surface area contributed by atoms with Crippen LogP contribution in [0.4, 0.5) is 5.69 Å². The zero-order valence-corrected chi connectivity index (χ0v) is 15.5. The van der Waals surface area contributed by atoms with Crippen LogP contribution in [-0.4, -0.2) is 31.6 Å². The molecular weight excluding hydrogens is 308 g/mol. The van der Waals surface area contributed by atoms with E-state index in [-0.39, 0.29) is 5.41 Å². The van der Waals surface area contributed by atoms with Crippen LogP contribution < -0.4 is 10.5 Å². The first-order valence-electron chi connectivity index (χ1n) is 9.36. The summed E-state index contributed by atoms with van der Waals surface area (Å²) in [5.41, 5.74) is 9.69. The highest BCUT2D eigenvalue weighted by Gasteiger charge is 2.38. The lowest BCUT2D eigenvalue weighted by atomic mass is 9.76. The van der Waals surface area contributed by atoms with Gasteiger partial charge in [-0.1, -0.05) is 37.6 Å². The van der Waals surface area contributed by atoms with Crippen LogP contribution in [0.3, 0.4) is 0 Å². The minimum Gasteiger partial charge on any atom is -0.497 e. The number of anilines is 1. The quantitative estimate of drug-likeness (QED) is 0.767. The number of nitrogens with two attached hydrogens (primary N) is 1. The molecule has 0 saturated carbocycles. The molecule has 134 valence electrons. The second-order valence-corrected chi connectivity index (χ2v) is 7.28. The van der Waals surface area contributed by atoms with Crippen LogP contribution in [0, 0.1) is 0 Å². The monoisotopic (exact) mass is 338 g/mol. The maximum atomic E-state index is 5.78. The first kappa shape index (κ1) is 17.8. The van der Waals surface area contributed by atoms with Crippen molar-refractivity contribution in [1.82, 2.24) is 4.90 Å². The van der Waals surface area contributed by atoms with E-state index in [1.54, 1.807) is 7.11 Å². The molecule has 1 saturated heterocycles. The highest BCUT2D eigenvalue weighted by molar-refractivity contribution is 5.39. The summed E-state index contributed by atoms with van der Waals surface area (Å²) in [5.74, 6) is 0.966. The highest BCUT2D eigenvalue weighted by Crippen LogP contribution is 2.39. The predicted octanol–water partition coefficient (Wildman–Crippen LogP) is 4.26. The summed E-state index contributed by atoms with van der Waals surface area (Å²) in [6.45, 7) is 5.72. The van der Waals surface area contributed by atoms with Crippen molar-refractivity contribution < 1.29 is 4.74 Å². The molecule has 1 aliphatic heterocycles. The van der Waals surface area contributed by atoms with Gasteiger partial charge in [0, 0.05) is 24.2 Å². The lowest BCUT2D eigenvalue weighted by Gasteiger charge is -2.30. The van der Waals surface area contributed by atoms with E-state index in [4.69, 9.17) is 10.5 Å². The first-order valence-corrected chi connectivity index (χ1v) is 9.36. The zero-order valence-electron chi connectivity index (χ0n) is 15.5. The average molecular weight is 338 g/mol. The summed E-state index contributed by atoms with van der Waals surface area (Å²) in [6.07, 6.45) is 4.76. The van der Waals surface area contributed by atoms with Gasteiger partial charge in [-0.25, -0.2) is 0 Å². The van der Waals surface area contributed by atoms with Gasteiger partial charge < -0.3 is 15.4 Å². The van der Waals surface area contributed by atoms with Gasteiger partial charge in [-0.2, -0.15) is 0 Å². The Kier molecular flexibility index (Phi) is 5.64. The van der Waals surface area contributed by atoms with Gasteiger partial charge in [-0.3, -0.25) is 0 Å². The van der Waals surface area contributed by atoms with Crippen LogP contribution >= 0.6 is 0 Å². The number of hydrogen-bond acceptors (Lipinski definition) is 3. The lowest BCUT2D eigenvalue weighted by molar-refractivity contribution is 0.304. The van der Waals surface area contributed by atoms with Crippen molar-refractivity contribution in [2.75, 3.05) is 32.5 Å². The summed E-state index contributed by atoms with van der Waals surface area (Å²) in [6, 6.07) is 17.0. The Balaban J connectivity index is 1.68. The standard InChI is InChI=1S/C22H30N2O/c1-3-12-22(19-5-4-6-21(16-19)25-2)13-15-24(17-22)14-11-18-7-9-20(23)10-8-18/h4-10,16H,3,11-15,17,23H2,1-2H3. The second-order valence-electron chi connectivity index (χ2n) is 7.28. The van der Waals surface area contributed by atoms with Crippen molar-refractivity contribution in [2.24, 2.45) is 0 Å². The van der Waals surface area contributed by atoms with Gasteiger partial charge in [0.1, 0.15) is 5.75 Å². The van der Waals surface area contributed by atoms with E-state index in [9.17, 15) is 0 Å². The maximum absolute atomic E-state index is 5.78. The summed E-state index contributed by atoms with van der Waals surface area (Å²) in [5, 5.41) is 0. The van der Waals surface area contributed by atoms with Crippen molar-refractivity contribution in [3.8, 4) is 5.75 Å². The third-order valence-corrected chi connectivity index (χ3v) is 5.54. The molecule has 3 rings (SSSR count). The maximum Gasteiger partial charge on any atom is 0.119 e. The molecule has 0 amide bonds. The number of benzene rings is 2. The number of nitrogens with zero attached hydrogens (tertiary/aromatic N) is 1. The Morgan fingerprint density at radius 2 is 1.96 bits per heavy atom. The van der Waals surface area contributed by atoms with Crippen molar-refractivity contribution in [1.29, 1.82) is 0 Å². The molecule has 1 heterocycles. The molecule has 1 fully saturated rings. The molecule has 2 N–H and O–H groups in total. The fourth-order valence-corrected chi connectivity index (χ4v) is 4.14. The second kappa shape index (κ2) is 7.92. The normalized spacial score (nSPS) is 20.7. The summed E-state index contributed by atoms with van der Waals surface area (Å²) in [4.78, 5) is 2.62. The molecule has 0 spiro atoms. The van der Waals surface area contributed by atoms with Crippen LogP contribution in [0.1, 0.15) is 37.3 Å². The zero-order chi connectivity index (χ0) is 17.7. The Labute approximate surface area is 151 Å². The Hall–Kier alpha value is -2.00. The molecule has 3 heteroatoms. The topological polar surface area (TPSA) is 38.5 Å². The van der Waals surface area contributed by atoms with E-state index in [2.05, 4.69) is 42.2 Å². The molecule has 1 atom stereocenters. The molecule has 0 aromatic heterocycles. The van der Waals surface area contributed by atoms with Crippen LogP contribution in [0.2, 0.25) is 0 Å². The Morgan fingerprint density at radius 3 is 2.68 bits per heavy atom. The first-order chi connectivity index (χ1) is 12.1. The van der Waals surface area contributed by atoms with Crippen LogP contribution in [0.15, 0.2) is 48.5 Å². The summed E-state index contributed by atoms with van der Waals surface area (Å²) < 4.78 is 5.46. The number of rotatable bonds is 7. The molecule has 1 aliphatic rings. The van der Waals surface area contributed by atoms with Crippen molar-refractivity contribution in [3.63, 3.8) is 0 Å². The Bertz CT molecular complexity index is 683. The number of likely N-dealkylation sites (tertiary alicyclic amines) is 1. The fraction of sp³-hybridized carbons (Fsp3) is 0.455. The van der Waals surface area contributed by atoms with Gasteiger partial charge in [-0.15, -0.1) is 0 Å². The summed E-state index contributed by atoms with van der Waals surface area (Å²) >= 11 is 0. The molecule has 0 bridgehead atoms. The molecule has 3 nitrogen and oxygen atoms in total. The van der Waals surface area contributed by atoms with Gasteiger partial charge in [0.25, 0.3) is 0 Å².